The highest BCUT2D eigenvalue weighted by atomic mass is 19.2. The average molecular weight is 467 g/mol. The Morgan fingerprint density at radius 2 is 1.50 bits per heavy atom. The minimum absolute atomic E-state index is 0.190. The number of ether oxygens (including phenoxy) is 2. The maximum Gasteiger partial charge on any atom is 0.183 e. The predicted molar refractivity (Wildman–Crippen MR) is 129 cm³/mol. The van der Waals surface area contributed by atoms with Crippen molar-refractivity contribution in [3.8, 4) is 22.3 Å². The summed E-state index contributed by atoms with van der Waals surface area (Å²) in [6.07, 6.45) is 4.28. The second-order valence-corrected chi connectivity index (χ2v) is 8.86. The molecule has 2 nitrogen and oxygen atoms in total. The van der Waals surface area contributed by atoms with E-state index < -0.39 is 23.7 Å². The summed E-state index contributed by atoms with van der Waals surface area (Å²) in [5, 5.41) is 0. The number of rotatable bonds is 8. The van der Waals surface area contributed by atoms with Crippen LogP contribution in [0.25, 0.3) is 22.3 Å². The van der Waals surface area contributed by atoms with Crippen LogP contribution in [-0.4, -0.2) is 13.2 Å². The second kappa shape index (κ2) is 11.0. The molecule has 0 N–H and O–H groups in total. The molecule has 0 amide bonds. The van der Waals surface area contributed by atoms with Gasteiger partial charge in [0.2, 0.25) is 0 Å². The van der Waals surface area contributed by atoms with Crippen molar-refractivity contribution >= 4 is 0 Å². The molecular formula is C29H29F3O2. The molecule has 1 aliphatic heterocycles. The van der Waals surface area contributed by atoms with Gasteiger partial charge in [0.15, 0.2) is 17.9 Å². The lowest BCUT2D eigenvalue weighted by atomic mass is 9.97. The predicted octanol–water partition coefficient (Wildman–Crippen LogP) is 8.02. The zero-order chi connectivity index (χ0) is 24.1. The van der Waals surface area contributed by atoms with E-state index in [4.69, 9.17) is 9.47 Å². The third-order valence-corrected chi connectivity index (χ3v) is 6.10. The summed E-state index contributed by atoms with van der Waals surface area (Å²) in [5.41, 5.74) is 2.80. The number of allylic oxidation sites excluding steroid dienone is 1. The van der Waals surface area contributed by atoms with Gasteiger partial charge in [-0.25, -0.2) is 13.2 Å². The molecule has 0 aliphatic carbocycles. The molecule has 0 spiro atoms. The minimum atomic E-state index is -0.855. The molecule has 0 radical (unpaired) electrons. The van der Waals surface area contributed by atoms with Gasteiger partial charge in [0.25, 0.3) is 0 Å². The fraction of sp³-hybridized carbons (Fsp3) is 0.310. The van der Waals surface area contributed by atoms with Crippen molar-refractivity contribution in [1.82, 2.24) is 0 Å². The van der Waals surface area contributed by atoms with Crippen molar-refractivity contribution in [3.63, 3.8) is 0 Å². The smallest absolute Gasteiger partial charge is 0.183 e. The van der Waals surface area contributed by atoms with Gasteiger partial charge < -0.3 is 9.47 Å². The minimum Gasteiger partial charge on any atom is -0.348 e. The highest BCUT2D eigenvalue weighted by molar-refractivity contribution is 5.71. The molecule has 34 heavy (non-hydrogen) atoms. The van der Waals surface area contributed by atoms with Crippen LogP contribution < -0.4 is 0 Å². The molecule has 1 fully saturated rings. The zero-order valence-corrected chi connectivity index (χ0v) is 19.3. The maximum atomic E-state index is 14.9. The van der Waals surface area contributed by atoms with Gasteiger partial charge in [0.05, 0.1) is 13.2 Å². The number of hydrogen-bond donors (Lipinski definition) is 0. The lowest BCUT2D eigenvalue weighted by Crippen LogP contribution is -2.25. The van der Waals surface area contributed by atoms with E-state index in [1.54, 1.807) is 48.5 Å². The third-order valence-electron chi connectivity index (χ3n) is 6.10. The zero-order valence-electron chi connectivity index (χ0n) is 19.3. The molecule has 0 aromatic heterocycles. The van der Waals surface area contributed by atoms with Crippen LogP contribution in [0.5, 0.6) is 0 Å². The maximum absolute atomic E-state index is 14.9. The van der Waals surface area contributed by atoms with Gasteiger partial charge >= 0.3 is 0 Å². The fourth-order valence-corrected chi connectivity index (χ4v) is 4.14. The molecule has 0 bridgehead atoms. The van der Waals surface area contributed by atoms with Crippen LogP contribution in [0.3, 0.4) is 0 Å². The lowest BCUT2D eigenvalue weighted by molar-refractivity contribution is -0.202. The molecule has 0 saturated carbocycles. The molecule has 4 rings (SSSR count). The van der Waals surface area contributed by atoms with Gasteiger partial charge in [-0.1, -0.05) is 61.5 Å². The SMILES string of the molecule is C=CCCCCc1ccc(-c2ccc(-c3ccc(C4OCC(C)CO4)cc3F)cc2)c(F)c1F. The van der Waals surface area contributed by atoms with Crippen LogP contribution in [0.4, 0.5) is 13.2 Å². The average Bonchev–Trinajstić information content (AvgIpc) is 2.85. The van der Waals surface area contributed by atoms with Crippen molar-refractivity contribution in [2.75, 3.05) is 13.2 Å². The van der Waals surface area contributed by atoms with Crippen LogP contribution >= 0.6 is 0 Å². The molecule has 178 valence electrons. The quantitative estimate of drug-likeness (QED) is 0.247. The van der Waals surface area contributed by atoms with E-state index in [2.05, 4.69) is 6.58 Å². The van der Waals surface area contributed by atoms with E-state index in [-0.39, 0.29) is 5.56 Å². The molecular weight excluding hydrogens is 437 g/mol. The van der Waals surface area contributed by atoms with E-state index in [1.807, 2.05) is 13.0 Å². The first-order valence-electron chi connectivity index (χ1n) is 11.7. The molecule has 3 aromatic rings. The number of aryl methyl sites for hydroxylation is 1. The van der Waals surface area contributed by atoms with E-state index in [0.717, 1.165) is 19.3 Å². The first-order valence-corrected chi connectivity index (χ1v) is 11.7. The summed E-state index contributed by atoms with van der Waals surface area (Å²) in [5.74, 6) is -1.74. The summed E-state index contributed by atoms with van der Waals surface area (Å²) < 4.78 is 55.5. The normalized spacial score (nSPS) is 18.1. The van der Waals surface area contributed by atoms with Crippen molar-refractivity contribution in [2.45, 2.75) is 38.9 Å². The first kappa shape index (κ1) is 24.2. The van der Waals surface area contributed by atoms with Crippen molar-refractivity contribution in [1.29, 1.82) is 0 Å². The van der Waals surface area contributed by atoms with Gasteiger partial charge in [-0.15, -0.1) is 6.58 Å². The number of unbranched alkanes of at least 4 members (excludes halogenated alkanes) is 2. The Kier molecular flexibility index (Phi) is 7.86. The standard InChI is InChI=1S/C29H29F3O2/c1-3-4-5-6-7-22-12-15-25(28(32)27(22)31)21-10-8-20(9-11-21)24-14-13-23(16-26(24)30)29-33-17-19(2)18-34-29/h3,8-16,19,29H,1,4-7,17-18H2,2H3. The van der Waals surface area contributed by atoms with Crippen LogP contribution in [0.15, 0.2) is 67.3 Å². The summed E-state index contributed by atoms with van der Waals surface area (Å²) in [7, 11) is 0. The Hall–Kier alpha value is -2.89. The molecule has 1 aliphatic rings. The third kappa shape index (κ3) is 5.43. The summed E-state index contributed by atoms with van der Waals surface area (Å²) in [6, 6.07) is 14.9. The van der Waals surface area contributed by atoms with Gasteiger partial charge in [-0.3, -0.25) is 0 Å². The number of halogens is 3. The monoisotopic (exact) mass is 466 g/mol. The second-order valence-electron chi connectivity index (χ2n) is 8.86. The first-order chi connectivity index (χ1) is 16.5. The summed E-state index contributed by atoms with van der Waals surface area (Å²) in [6.45, 7) is 6.85. The summed E-state index contributed by atoms with van der Waals surface area (Å²) in [4.78, 5) is 0. The molecule has 0 atom stereocenters. The van der Waals surface area contributed by atoms with Crippen molar-refractivity contribution in [2.24, 2.45) is 5.92 Å². The van der Waals surface area contributed by atoms with Gasteiger partial charge in [-0.05, 0) is 48.4 Å². The Labute approximate surface area is 199 Å². The summed E-state index contributed by atoms with van der Waals surface area (Å²) >= 11 is 0. The molecule has 0 unspecified atom stereocenters. The van der Waals surface area contributed by atoms with E-state index >= 15 is 0 Å². The van der Waals surface area contributed by atoms with Crippen LogP contribution in [0.2, 0.25) is 0 Å². The van der Waals surface area contributed by atoms with Crippen molar-refractivity contribution < 1.29 is 22.6 Å². The molecule has 5 heteroatoms. The van der Waals surface area contributed by atoms with E-state index in [1.165, 1.54) is 6.07 Å². The lowest BCUT2D eigenvalue weighted by Gasteiger charge is -2.27. The van der Waals surface area contributed by atoms with Gasteiger partial charge in [-0.2, -0.15) is 0 Å². The Morgan fingerprint density at radius 1 is 0.853 bits per heavy atom. The Morgan fingerprint density at radius 3 is 2.15 bits per heavy atom. The number of benzene rings is 3. The highest BCUT2D eigenvalue weighted by Gasteiger charge is 2.22. The Balaban J connectivity index is 1.50. The van der Waals surface area contributed by atoms with E-state index in [0.29, 0.717) is 53.4 Å². The van der Waals surface area contributed by atoms with Crippen molar-refractivity contribution in [3.05, 3.63) is 95.8 Å². The van der Waals surface area contributed by atoms with Gasteiger partial charge in [0, 0.05) is 22.6 Å². The topological polar surface area (TPSA) is 18.5 Å². The van der Waals surface area contributed by atoms with E-state index in [9.17, 15) is 13.2 Å². The highest BCUT2D eigenvalue weighted by Crippen LogP contribution is 2.32. The molecule has 1 heterocycles. The molecule has 3 aromatic carbocycles. The van der Waals surface area contributed by atoms with Crippen LogP contribution in [0.1, 0.15) is 43.6 Å². The Bertz CT molecular complexity index is 1130. The van der Waals surface area contributed by atoms with Crippen LogP contribution in [0, 0.1) is 23.4 Å². The molecule has 1 saturated heterocycles. The van der Waals surface area contributed by atoms with Gasteiger partial charge in [0.1, 0.15) is 5.82 Å². The number of hydrogen-bond acceptors (Lipinski definition) is 2. The fourth-order valence-electron chi connectivity index (χ4n) is 4.14. The largest absolute Gasteiger partial charge is 0.348 e. The van der Waals surface area contributed by atoms with Crippen LogP contribution in [-0.2, 0) is 15.9 Å².